The van der Waals surface area contributed by atoms with Gasteiger partial charge in [-0.3, -0.25) is 4.57 Å². The monoisotopic (exact) mass is 443 g/mol. The fourth-order valence-corrected chi connectivity index (χ4v) is 3.94. The number of nitrogens with zero attached hydrogens (tertiary/aromatic N) is 3. The number of furan rings is 2. The van der Waals surface area contributed by atoms with Crippen molar-refractivity contribution in [3.63, 3.8) is 0 Å². The second-order valence-corrected chi connectivity index (χ2v) is 8.18. The predicted octanol–water partition coefficient (Wildman–Crippen LogP) is 5.47. The molecule has 0 aliphatic heterocycles. The molecule has 7 nitrogen and oxygen atoms in total. The lowest BCUT2D eigenvalue weighted by Gasteiger charge is -2.11. The maximum absolute atomic E-state index is 11.7. The zero-order chi connectivity index (χ0) is 21.1. The number of hydrogen-bond acceptors (Lipinski definition) is 7. The van der Waals surface area contributed by atoms with Crippen LogP contribution in [0.4, 0.5) is 0 Å². The molecule has 0 spiro atoms. The molecule has 154 valence electrons. The average molecular weight is 444 g/mol. The molecule has 0 bridgehead atoms. The number of hydrogen-bond donors (Lipinski definition) is 0. The van der Waals surface area contributed by atoms with Crippen LogP contribution in [0.3, 0.4) is 0 Å². The molecule has 0 amide bonds. The van der Waals surface area contributed by atoms with Gasteiger partial charge in [0.2, 0.25) is 5.76 Å². The van der Waals surface area contributed by atoms with Gasteiger partial charge in [-0.1, -0.05) is 23.4 Å². The summed E-state index contributed by atoms with van der Waals surface area (Å²) in [5.41, 5.74) is 0.893. The van der Waals surface area contributed by atoms with Crippen LogP contribution in [0.15, 0.2) is 68.8 Å². The summed E-state index contributed by atoms with van der Waals surface area (Å²) in [4.78, 5) is 11.7. The van der Waals surface area contributed by atoms with Crippen LogP contribution in [0, 0.1) is 0 Å². The Hall–Kier alpha value is -2.97. The van der Waals surface area contributed by atoms with Gasteiger partial charge in [-0.15, -0.1) is 10.2 Å². The first-order valence-electron chi connectivity index (χ1n) is 9.11. The molecule has 0 aliphatic carbocycles. The largest absolute Gasteiger partial charge is 0.467 e. The first-order valence-corrected chi connectivity index (χ1v) is 10.4. The minimum absolute atomic E-state index is 0.110. The third kappa shape index (κ3) is 4.29. The summed E-state index contributed by atoms with van der Waals surface area (Å²) in [7, 11) is 1.32. The summed E-state index contributed by atoms with van der Waals surface area (Å²) in [5, 5.41) is 10.0. The molecule has 4 aromatic rings. The summed E-state index contributed by atoms with van der Waals surface area (Å²) in [6.07, 6.45) is 1.63. The minimum atomic E-state index is -0.510. The number of ether oxygens (including phenoxy) is 1. The standard InChI is InChI=1S/C21H18ClN3O4S/c1-13(17-9-10-18(29-17)20(26)27-2)30-21-24-23-19(14-5-7-15(22)8-6-14)25(21)12-16-4-3-11-28-16/h3-11,13H,12H2,1-2H3. The van der Waals surface area contributed by atoms with Crippen molar-refractivity contribution in [3.05, 3.63) is 77.1 Å². The Morgan fingerprint density at radius 2 is 2.00 bits per heavy atom. The van der Waals surface area contributed by atoms with E-state index < -0.39 is 5.97 Å². The number of carbonyl (C=O) groups excluding carboxylic acids is 1. The first-order chi connectivity index (χ1) is 14.5. The maximum Gasteiger partial charge on any atom is 0.373 e. The molecule has 0 radical (unpaired) electrons. The van der Waals surface area contributed by atoms with Crippen LogP contribution >= 0.6 is 23.4 Å². The number of halogens is 1. The van der Waals surface area contributed by atoms with Gasteiger partial charge in [0.05, 0.1) is 25.2 Å². The molecular weight excluding hydrogens is 426 g/mol. The first kappa shape index (κ1) is 20.3. The fraction of sp³-hybridized carbons (Fsp3) is 0.190. The third-order valence-electron chi connectivity index (χ3n) is 4.41. The molecule has 30 heavy (non-hydrogen) atoms. The smallest absolute Gasteiger partial charge is 0.373 e. The highest BCUT2D eigenvalue weighted by Gasteiger charge is 2.21. The van der Waals surface area contributed by atoms with Crippen molar-refractivity contribution in [2.24, 2.45) is 0 Å². The summed E-state index contributed by atoms with van der Waals surface area (Å²) in [5.74, 6) is 1.78. The van der Waals surface area contributed by atoms with Gasteiger partial charge < -0.3 is 13.6 Å². The van der Waals surface area contributed by atoms with Crippen LogP contribution in [-0.4, -0.2) is 27.8 Å². The van der Waals surface area contributed by atoms with Crippen LogP contribution in [0.2, 0.25) is 5.02 Å². The van der Waals surface area contributed by atoms with Crippen molar-refractivity contribution in [1.82, 2.24) is 14.8 Å². The highest BCUT2D eigenvalue weighted by molar-refractivity contribution is 7.99. The topological polar surface area (TPSA) is 83.3 Å². The van der Waals surface area contributed by atoms with E-state index >= 15 is 0 Å². The van der Waals surface area contributed by atoms with Gasteiger partial charge in [-0.25, -0.2) is 4.79 Å². The lowest BCUT2D eigenvalue weighted by atomic mass is 10.2. The lowest BCUT2D eigenvalue weighted by molar-refractivity contribution is 0.0563. The van der Waals surface area contributed by atoms with Crippen molar-refractivity contribution < 1.29 is 18.4 Å². The Balaban J connectivity index is 1.64. The van der Waals surface area contributed by atoms with Gasteiger partial charge in [0.1, 0.15) is 11.5 Å². The molecule has 0 aliphatic rings. The zero-order valence-electron chi connectivity index (χ0n) is 16.2. The quantitative estimate of drug-likeness (QED) is 0.276. The number of methoxy groups -OCH3 is 1. The number of esters is 1. The summed E-state index contributed by atoms with van der Waals surface area (Å²) < 4.78 is 17.8. The zero-order valence-corrected chi connectivity index (χ0v) is 17.8. The second-order valence-electron chi connectivity index (χ2n) is 6.43. The van der Waals surface area contributed by atoms with E-state index in [4.69, 9.17) is 25.2 Å². The highest BCUT2D eigenvalue weighted by atomic mass is 35.5. The molecule has 9 heteroatoms. The summed E-state index contributed by atoms with van der Waals surface area (Å²) in [6.45, 7) is 2.44. The molecular formula is C21H18ClN3O4S. The van der Waals surface area contributed by atoms with Gasteiger partial charge in [0.25, 0.3) is 0 Å². The van der Waals surface area contributed by atoms with Gasteiger partial charge in [0.15, 0.2) is 11.0 Å². The Bertz CT molecular complexity index is 1140. The van der Waals surface area contributed by atoms with E-state index in [1.54, 1.807) is 18.4 Å². The van der Waals surface area contributed by atoms with Gasteiger partial charge in [-0.05, 0) is 55.5 Å². The SMILES string of the molecule is COC(=O)c1ccc(C(C)Sc2nnc(-c3ccc(Cl)cc3)n2Cc2ccco2)o1. The fourth-order valence-electron chi connectivity index (χ4n) is 2.89. The van der Waals surface area contributed by atoms with Crippen molar-refractivity contribution in [3.8, 4) is 11.4 Å². The lowest BCUT2D eigenvalue weighted by Crippen LogP contribution is -2.04. The summed E-state index contributed by atoms with van der Waals surface area (Å²) >= 11 is 7.50. The highest BCUT2D eigenvalue weighted by Crippen LogP contribution is 2.36. The van der Waals surface area contributed by atoms with E-state index in [9.17, 15) is 4.79 Å². The van der Waals surface area contributed by atoms with Crippen LogP contribution in [0.1, 0.15) is 34.2 Å². The van der Waals surface area contributed by atoms with E-state index in [-0.39, 0.29) is 11.0 Å². The predicted molar refractivity (Wildman–Crippen MR) is 113 cm³/mol. The van der Waals surface area contributed by atoms with E-state index in [0.717, 1.165) is 11.3 Å². The Kier molecular flexibility index (Phi) is 5.96. The molecule has 3 heterocycles. The maximum atomic E-state index is 11.7. The molecule has 3 aromatic heterocycles. The second kappa shape index (κ2) is 8.81. The van der Waals surface area contributed by atoms with E-state index in [1.165, 1.54) is 18.9 Å². The van der Waals surface area contributed by atoms with Gasteiger partial charge >= 0.3 is 5.97 Å². The molecule has 0 fully saturated rings. The number of rotatable bonds is 7. The molecule has 0 saturated carbocycles. The Morgan fingerprint density at radius 3 is 2.70 bits per heavy atom. The number of thioether (sulfide) groups is 1. The molecule has 0 N–H and O–H groups in total. The van der Waals surface area contributed by atoms with E-state index in [1.807, 2.05) is 47.9 Å². The summed E-state index contributed by atoms with van der Waals surface area (Å²) in [6, 6.07) is 14.5. The third-order valence-corrected chi connectivity index (χ3v) is 5.76. The van der Waals surface area contributed by atoms with Gasteiger partial charge in [-0.2, -0.15) is 0 Å². The van der Waals surface area contributed by atoms with Crippen LogP contribution in [0.5, 0.6) is 0 Å². The van der Waals surface area contributed by atoms with Crippen LogP contribution in [-0.2, 0) is 11.3 Å². The van der Waals surface area contributed by atoms with Crippen LogP contribution < -0.4 is 0 Å². The van der Waals surface area contributed by atoms with E-state index in [2.05, 4.69) is 10.2 Å². The Morgan fingerprint density at radius 1 is 1.20 bits per heavy atom. The minimum Gasteiger partial charge on any atom is -0.467 e. The Labute approximate surface area is 182 Å². The molecule has 1 aromatic carbocycles. The number of aromatic nitrogens is 3. The van der Waals surface area contributed by atoms with E-state index in [0.29, 0.717) is 28.3 Å². The average Bonchev–Trinajstić information content (AvgIpc) is 3.50. The molecule has 0 saturated heterocycles. The van der Waals surface area contributed by atoms with Crippen LogP contribution in [0.25, 0.3) is 11.4 Å². The van der Waals surface area contributed by atoms with Crippen molar-refractivity contribution in [2.45, 2.75) is 23.9 Å². The van der Waals surface area contributed by atoms with Crippen molar-refractivity contribution in [2.75, 3.05) is 7.11 Å². The number of carbonyl (C=O) groups is 1. The van der Waals surface area contributed by atoms with Gasteiger partial charge in [0, 0.05) is 10.6 Å². The molecule has 4 rings (SSSR count). The number of benzene rings is 1. The van der Waals surface area contributed by atoms with Crippen molar-refractivity contribution in [1.29, 1.82) is 0 Å². The molecule has 1 atom stereocenters. The normalized spacial score (nSPS) is 12.1. The van der Waals surface area contributed by atoms with Crippen molar-refractivity contribution >= 4 is 29.3 Å². The molecule has 1 unspecified atom stereocenters.